The zero-order valence-corrected chi connectivity index (χ0v) is 17.9. The van der Waals surface area contributed by atoms with E-state index in [2.05, 4.69) is 74.5 Å². The maximum absolute atomic E-state index is 5.18. The minimum atomic E-state index is 0. The topological polar surface area (TPSA) is 12.9 Å². The lowest BCUT2D eigenvalue weighted by atomic mass is 9.86. The molecule has 2 aromatic heterocycles. The van der Waals surface area contributed by atoms with Crippen molar-refractivity contribution in [3.63, 3.8) is 0 Å². The largest absolute Gasteiger partial charge is 0.237 e. The molecule has 0 amide bonds. The van der Waals surface area contributed by atoms with Crippen LogP contribution in [-0.4, -0.2) is 4.98 Å². The number of hydrogen-bond acceptors (Lipinski definition) is 2. The van der Waals surface area contributed by atoms with Crippen LogP contribution in [-0.2, 0) is 12.8 Å². The molecule has 142 valence electrons. The predicted molar refractivity (Wildman–Crippen MR) is 124 cm³/mol. The van der Waals surface area contributed by atoms with Gasteiger partial charge in [-0.1, -0.05) is 67.6 Å². The van der Waals surface area contributed by atoms with E-state index in [4.69, 9.17) is 4.98 Å². The maximum atomic E-state index is 5.18. The fourth-order valence-corrected chi connectivity index (χ4v) is 5.80. The molecule has 0 bridgehead atoms. The summed E-state index contributed by atoms with van der Waals surface area (Å²) in [5, 5.41) is 1.41. The first kappa shape index (κ1) is 19.2. The van der Waals surface area contributed by atoms with Crippen molar-refractivity contribution in [1.29, 1.82) is 0 Å². The monoisotopic (exact) mass is 405 g/mol. The van der Waals surface area contributed by atoms with Gasteiger partial charge in [-0.15, -0.1) is 23.7 Å². The molecule has 0 fully saturated rings. The molecule has 2 heterocycles. The lowest BCUT2D eigenvalue weighted by molar-refractivity contribution is 0.509. The van der Waals surface area contributed by atoms with Crippen molar-refractivity contribution >= 4 is 34.0 Å². The van der Waals surface area contributed by atoms with Gasteiger partial charge in [0.15, 0.2) is 0 Å². The highest BCUT2D eigenvalue weighted by Crippen LogP contribution is 2.45. The van der Waals surface area contributed by atoms with Crippen LogP contribution >= 0.6 is 23.7 Å². The minimum Gasteiger partial charge on any atom is -0.237 e. The van der Waals surface area contributed by atoms with Crippen LogP contribution in [0.1, 0.15) is 29.3 Å². The van der Waals surface area contributed by atoms with Crippen LogP contribution in [0.3, 0.4) is 0 Å². The van der Waals surface area contributed by atoms with Crippen LogP contribution in [0.2, 0.25) is 0 Å². The van der Waals surface area contributed by atoms with Crippen LogP contribution < -0.4 is 0 Å². The number of halogens is 1. The van der Waals surface area contributed by atoms with Crippen LogP contribution in [0.15, 0.2) is 60.7 Å². The summed E-state index contributed by atoms with van der Waals surface area (Å²) in [4.78, 5) is 7.94. The standard InChI is InChI=1S/C25H23NS.ClH/c1-16-13-14-20-21(15-16)27-25-23(20)22(18-9-5-3-6-10-18)17(2)24(26-25)19-11-7-4-8-12-19;/h3-12,16H,13-15H2,1-2H3;1H. The number of benzene rings is 2. The molecule has 1 unspecified atom stereocenters. The van der Waals surface area contributed by atoms with E-state index in [9.17, 15) is 0 Å². The summed E-state index contributed by atoms with van der Waals surface area (Å²) in [5.74, 6) is 0.778. The van der Waals surface area contributed by atoms with Gasteiger partial charge in [-0.3, -0.25) is 0 Å². The molecule has 3 heteroatoms. The van der Waals surface area contributed by atoms with Gasteiger partial charge in [0.05, 0.1) is 5.69 Å². The maximum Gasteiger partial charge on any atom is 0.125 e. The van der Waals surface area contributed by atoms with Gasteiger partial charge in [0.1, 0.15) is 4.83 Å². The molecule has 0 radical (unpaired) electrons. The van der Waals surface area contributed by atoms with E-state index in [1.54, 1.807) is 10.4 Å². The molecule has 1 aliphatic rings. The number of hydrogen-bond donors (Lipinski definition) is 0. The molecular formula is C25H24ClNS. The Balaban J connectivity index is 0.00000192. The number of aromatic nitrogens is 1. The average Bonchev–Trinajstić information content (AvgIpc) is 3.06. The van der Waals surface area contributed by atoms with Crippen molar-refractivity contribution in [3.05, 3.63) is 76.7 Å². The van der Waals surface area contributed by atoms with Crippen molar-refractivity contribution < 1.29 is 0 Å². The summed E-state index contributed by atoms with van der Waals surface area (Å²) < 4.78 is 0. The van der Waals surface area contributed by atoms with Gasteiger partial charge in [0, 0.05) is 15.8 Å². The molecule has 5 rings (SSSR count). The molecule has 0 saturated carbocycles. The third kappa shape index (κ3) is 3.15. The van der Waals surface area contributed by atoms with Gasteiger partial charge in [0.25, 0.3) is 0 Å². The second kappa shape index (κ2) is 7.69. The number of nitrogens with zero attached hydrogens (tertiary/aromatic N) is 1. The number of thiophene rings is 1. The highest BCUT2D eigenvalue weighted by Gasteiger charge is 2.25. The second-order valence-corrected chi connectivity index (χ2v) is 8.81. The first-order valence-corrected chi connectivity index (χ1v) is 10.6. The molecule has 0 spiro atoms. The second-order valence-electron chi connectivity index (χ2n) is 7.72. The molecule has 1 atom stereocenters. The predicted octanol–water partition coefficient (Wildman–Crippen LogP) is 7.49. The van der Waals surface area contributed by atoms with E-state index in [0.29, 0.717) is 0 Å². The van der Waals surface area contributed by atoms with E-state index in [-0.39, 0.29) is 12.4 Å². The molecule has 4 aromatic rings. The Morgan fingerprint density at radius 1 is 0.929 bits per heavy atom. The number of fused-ring (bicyclic) bond motifs is 3. The van der Waals surface area contributed by atoms with Crippen LogP contribution in [0.4, 0.5) is 0 Å². The zero-order chi connectivity index (χ0) is 18.4. The Kier molecular flexibility index (Phi) is 5.27. The van der Waals surface area contributed by atoms with Crippen molar-refractivity contribution in [3.8, 4) is 22.4 Å². The van der Waals surface area contributed by atoms with E-state index < -0.39 is 0 Å². The van der Waals surface area contributed by atoms with Crippen LogP contribution in [0.25, 0.3) is 32.6 Å². The SMILES string of the molecule is Cc1c(-c2ccccc2)nc2sc3c(c2c1-c1ccccc1)CCC(C)C3.Cl. The Bertz CT molecular complexity index is 1120. The molecule has 1 aliphatic carbocycles. The zero-order valence-electron chi connectivity index (χ0n) is 16.2. The van der Waals surface area contributed by atoms with Gasteiger partial charge in [-0.05, 0) is 54.4 Å². The highest BCUT2D eigenvalue weighted by atomic mass is 35.5. The normalized spacial score (nSPS) is 15.9. The smallest absolute Gasteiger partial charge is 0.125 e. The third-order valence-corrected chi connectivity index (χ3v) is 6.94. The highest BCUT2D eigenvalue weighted by molar-refractivity contribution is 7.19. The first-order valence-electron chi connectivity index (χ1n) is 9.78. The van der Waals surface area contributed by atoms with Gasteiger partial charge < -0.3 is 0 Å². The quantitative estimate of drug-likeness (QED) is 0.336. The Morgan fingerprint density at radius 3 is 2.25 bits per heavy atom. The summed E-state index contributed by atoms with van der Waals surface area (Å²) in [5.41, 5.74) is 7.86. The molecule has 2 aromatic carbocycles. The number of aryl methyl sites for hydroxylation is 1. The molecule has 0 aliphatic heterocycles. The van der Waals surface area contributed by atoms with Crippen LogP contribution in [0, 0.1) is 12.8 Å². The van der Waals surface area contributed by atoms with E-state index in [1.165, 1.54) is 51.7 Å². The van der Waals surface area contributed by atoms with Crippen LogP contribution in [0.5, 0.6) is 0 Å². The Hall–Kier alpha value is -2.16. The van der Waals surface area contributed by atoms with E-state index >= 15 is 0 Å². The summed E-state index contributed by atoms with van der Waals surface area (Å²) in [6, 6.07) is 21.5. The average molecular weight is 406 g/mol. The lowest BCUT2D eigenvalue weighted by Gasteiger charge is -2.19. The van der Waals surface area contributed by atoms with Gasteiger partial charge in [0.2, 0.25) is 0 Å². The molecular weight excluding hydrogens is 382 g/mol. The lowest BCUT2D eigenvalue weighted by Crippen LogP contribution is -2.08. The van der Waals surface area contributed by atoms with Crippen molar-refractivity contribution in [2.45, 2.75) is 33.1 Å². The molecule has 28 heavy (non-hydrogen) atoms. The summed E-state index contributed by atoms with van der Waals surface area (Å²) in [6.45, 7) is 4.62. The van der Waals surface area contributed by atoms with Crippen molar-refractivity contribution in [2.75, 3.05) is 0 Å². The Morgan fingerprint density at radius 2 is 1.57 bits per heavy atom. The molecule has 0 saturated heterocycles. The fourth-order valence-electron chi connectivity index (χ4n) is 4.41. The summed E-state index contributed by atoms with van der Waals surface area (Å²) in [7, 11) is 0. The van der Waals surface area contributed by atoms with E-state index in [1.807, 2.05) is 11.3 Å². The summed E-state index contributed by atoms with van der Waals surface area (Å²) >= 11 is 1.92. The summed E-state index contributed by atoms with van der Waals surface area (Å²) in [6.07, 6.45) is 3.67. The van der Waals surface area contributed by atoms with Gasteiger partial charge in [-0.2, -0.15) is 0 Å². The number of rotatable bonds is 2. The minimum absolute atomic E-state index is 0. The number of pyridine rings is 1. The fraction of sp³-hybridized carbons (Fsp3) is 0.240. The first-order chi connectivity index (χ1) is 13.2. The van der Waals surface area contributed by atoms with Gasteiger partial charge >= 0.3 is 0 Å². The Labute approximate surface area is 176 Å². The van der Waals surface area contributed by atoms with Crippen molar-refractivity contribution in [1.82, 2.24) is 4.98 Å². The van der Waals surface area contributed by atoms with Gasteiger partial charge in [-0.25, -0.2) is 4.98 Å². The molecule has 1 nitrogen and oxygen atoms in total. The third-order valence-electron chi connectivity index (χ3n) is 5.80. The van der Waals surface area contributed by atoms with Crippen molar-refractivity contribution in [2.24, 2.45) is 5.92 Å². The van der Waals surface area contributed by atoms with E-state index in [0.717, 1.165) is 11.6 Å². The molecule has 0 N–H and O–H groups in total.